The number of ether oxygens (including phenoxy) is 2. The lowest BCUT2D eigenvalue weighted by Crippen LogP contribution is -2.29. The smallest absolute Gasteiger partial charge is 0.161 e. The van der Waals surface area contributed by atoms with Crippen molar-refractivity contribution in [3.8, 4) is 0 Å². The molecule has 9 heavy (non-hydrogen) atoms. The molecule has 0 aromatic heterocycles. The molecule has 0 aliphatic rings. The standard InChI is InChI=1S/C7H15O2/c1-7(2,3)6(8-4)9-5/h6H,1H2,2-5H3. The van der Waals surface area contributed by atoms with Crippen LogP contribution >= 0.6 is 0 Å². The van der Waals surface area contributed by atoms with Gasteiger partial charge in [-0.1, -0.05) is 13.8 Å². The van der Waals surface area contributed by atoms with Crippen LogP contribution < -0.4 is 0 Å². The molecule has 0 aromatic rings. The summed E-state index contributed by atoms with van der Waals surface area (Å²) in [6, 6.07) is 0. The molecule has 0 saturated heterocycles. The van der Waals surface area contributed by atoms with Crippen molar-refractivity contribution in [3.63, 3.8) is 0 Å². The Kier molecular flexibility index (Phi) is 3.15. The van der Waals surface area contributed by atoms with Crippen molar-refractivity contribution in [2.24, 2.45) is 5.41 Å². The summed E-state index contributed by atoms with van der Waals surface area (Å²) in [5, 5.41) is 0. The van der Waals surface area contributed by atoms with Crippen molar-refractivity contribution in [2.45, 2.75) is 20.1 Å². The summed E-state index contributed by atoms with van der Waals surface area (Å²) in [6.45, 7) is 7.79. The lowest BCUT2D eigenvalue weighted by atomic mass is 9.96. The third-order valence-corrected chi connectivity index (χ3v) is 1.07. The fourth-order valence-corrected chi connectivity index (χ4v) is 0.734. The molecule has 0 N–H and O–H groups in total. The van der Waals surface area contributed by atoms with Crippen LogP contribution in [0.1, 0.15) is 13.8 Å². The van der Waals surface area contributed by atoms with Gasteiger partial charge in [0.1, 0.15) is 0 Å². The first kappa shape index (κ1) is 8.92. The molecular formula is C7H15O2. The normalized spacial score (nSPS) is 12.7. The van der Waals surface area contributed by atoms with Crippen LogP contribution in [0.3, 0.4) is 0 Å². The summed E-state index contributed by atoms with van der Waals surface area (Å²) in [7, 11) is 3.22. The average Bonchev–Trinajstić information content (AvgIpc) is 1.65. The lowest BCUT2D eigenvalue weighted by Gasteiger charge is -2.27. The van der Waals surface area contributed by atoms with Gasteiger partial charge in [-0.05, 0) is 6.92 Å². The van der Waals surface area contributed by atoms with Crippen LogP contribution in [0, 0.1) is 12.3 Å². The number of hydrogen-bond donors (Lipinski definition) is 0. The van der Waals surface area contributed by atoms with Gasteiger partial charge in [-0.15, -0.1) is 0 Å². The van der Waals surface area contributed by atoms with E-state index < -0.39 is 0 Å². The molecule has 0 spiro atoms. The molecule has 0 bridgehead atoms. The second-order valence-electron chi connectivity index (χ2n) is 2.79. The first-order valence-corrected chi connectivity index (χ1v) is 2.93. The van der Waals surface area contributed by atoms with Gasteiger partial charge in [0.25, 0.3) is 0 Å². The maximum atomic E-state index is 4.98. The monoisotopic (exact) mass is 131 g/mol. The van der Waals surface area contributed by atoms with E-state index in [9.17, 15) is 0 Å². The van der Waals surface area contributed by atoms with E-state index in [0.717, 1.165) is 0 Å². The average molecular weight is 131 g/mol. The first-order chi connectivity index (χ1) is 4.02. The van der Waals surface area contributed by atoms with Gasteiger partial charge in [0.2, 0.25) is 0 Å². The van der Waals surface area contributed by atoms with E-state index in [-0.39, 0.29) is 11.7 Å². The van der Waals surface area contributed by atoms with E-state index in [4.69, 9.17) is 9.47 Å². The molecule has 0 unspecified atom stereocenters. The first-order valence-electron chi connectivity index (χ1n) is 2.93. The summed E-state index contributed by atoms with van der Waals surface area (Å²) in [5.74, 6) is 0. The second kappa shape index (κ2) is 3.18. The van der Waals surface area contributed by atoms with Crippen LogP contribution in [0.2, 0.25) is 0 Å². The predicted molar refractivity (Wildman–Crippen MR) is 36.9 cm³/mol. The van der Waals surface area contributed by atoms with Gasteiger partial charge in [0.05, 0.1) is 0 Å². The molecule has 0 aliphatic heterocycles. The summed E-state index contributed by atoms with van der Waals surface area (Å²) in [6.07, 6.45) is -0.211. The fraction of sp³-hybridized carbons (Fsp3) is 0.857. The molecular weight excluding hydrogens is 116 g/mol. The highest BCUT2D eigenvalue weighted by Crippen LogP contribution is 2.20. The van der Waals surface area contributed by atoms with E-state index in [1.54, 1.807) is 14.2 Å². The molecule has 0 heterocycles. The molecule has 2 heteroatoms. The Morgan fingerprint density at radius 3 is 1.56 bits per heavy atom. The van der Waals surface area contributed by atoms with Gasteiger partial charge in [-0.3, -0.25) is 0 Å². The van der Waals surface area contributed by atoms with Gasteiger partial charge in [0, 0.05) is 19.6 Å². The van der Waals surface area contributed by atoms with Crippen LogP contribution in [-0.4, -0.2) is 20.5 Å². The zero-order valence-corrected chi connectivity index (χ0v) is 6.60. The molecule has 0 rings (SSSR count). The van der Waals surface area contributed by atoms with E-state index >= 15 is 0 Å². The highest BCUT2D eigenvalue weighted by molar-refractivity contribution is 4.74. The summed E-state index contributed by atoms with van der Waals surface area (Å²) >= 11 is 0. The number of methoxy groups -OCH3 is 2. The quantitative estimate of drug-likeness (QED) is 0.540. The van der Waals surface area contributed by atoms with Crippen molar-refractivity contribution in [1.82, 2.24) is 0 Å². The van der Waals surface area contributed by atoms with Crippen LogP contribution in [0.25, 0.3) is 0 Å². The van der Waals surface area contributed by atoms with Gasteiger partial charge < -0.3 is 9.47 Å². The Morgan fingerprint density at radius 1 is 1.22 bits per heavy atom. The van der Waals surface area contributed by atoms with Crippen molar-refractivity contribution in [2.75, 3.05) is 14.2 Å². The highest BCUT2D eigenvalue weighted by atomic mass is 16.7. The van der Waals surface area contributed by atoms with E-state index in [1.807, 2.05) is 13.8 Å². The molecule has 0 aliphatic carbocycles. The van der Waals surface area contributed by atoms with Gasteiger partial charge in [-0.25, -0.2) is 0 Å². The van der Waals surface area contributed by atoms with E-state index in [1.165, 1.54) is 0 Å². The molecule has 0 aromatic carbocycles. The Balaban J connectivity index is 3.79. The van der Waals surface area contributed by atoms with Gasteiger partial charge in [0.15, 0.2) is 6.29 Å². The topological polar surface area (TPSA) is 18.5 Å². The minimum atomic E-state index is -0.211. The molecule has 0 amide bonds. The highest BCUT2D eigenvalue weighted by Gasteiger charge is 2.23. The molecule has 0 saturated carbocycles. The molecule has 2 nitrogen and oxygen atoms in total. The van der Waals surface area contributed by atoms with Crippen LogP contribution in [0.4, 0.5) is 0 Å². The summed E-state index contributed by atoms with van der Waals surface area (Å²) < 4.78 is 9.96. The van der Waals surface area contributed by atoms with E-state index in [2.05, 4.69) is 6.92 Å². The maximum absolute atomic E-state index is 4.98. The number of rotatable bonds is 3. The Bertz CT molecular complexity index is 69.5. The lowest BCUT2D eigenvalue weighted by molar-refractivity contribution is -0.153. The third-order valence-electron chi connectivity index (χ3n) is 1.07. The zero-order valence-electron chi connectivity index (χ0n) is 6.60. The van der Waals surface area contributed by atoms with Crippen molar-refractivity contribution < 1.29 is 9.47 Å². The minimum absolute atomic E-state index is 0.177. The largest absolute Gasteiger partial charge is 0.355 e. The predicted octanol–water partition coefficient (Wildman–Crippen LogP) is 1.47. The van der Waals surface area contributed by atoms with Crippen LogP contribution in [0.15, 0.2) is 0 Å². The summed E-state index contributed by atoms with van der Waals surface area (Å²) in [4.78, 5) is 0. The van der Waals surface area contributed by atoms with E-state index in [0.29, 0.717) is 0 Å². The van der Waals surface area contributed by atoms with Gasteiger partial charge in [-0.2, -0.15) is 0 Å². The van der Waals surface area contributed by atoms with Crippen LogP contribution in [0.5, 0.6) is 0 Å². The second-order valence-corrected chi connectivity index (χ2v) is 2.79. The molecule has 1 radical (unpaired) electrons. The zero-order chi connectivity index (χ0) is 7.49. The van der Waals surface area contributed by atoms with Gasteiger partial charge >= 0.3 is 0 Å². The molecule has 0 fully saturated rings. The van der Waals surface area contributed by atoms with Crippen molar-refractivity contribution in [3.05, 3.63) is 6.92 Å². The third kappa shape index (κ3) is 2.82. The Morgan fingerprint density at radius 2 is 1.56 bits per heavy atom. The SMILES string of the molecule is [CH2]C(C)(C)C(OC)OC. The van der Waals surface area contributed by atoms with Crippen molar-refractivity contribution >= 4 is 0 Å². The molecule has 0 atom stereocenters. The summed E-state index contributed by atoms with van der Waals surface area (Å²) in [5.41, 5.74) is -0.177. The Hall–Kier alpha value is -0.0800. The fourth-order valence-electron chi connectivity index (χ4n) is 0.734. The maximum Gasteiger partial charge on any atom is 0.161 e. The minimum Gasteiger partial charge on any atom is -0.355 e. The number of hydrogen-bond acceptors (Lipinski definition) is 2. The van der Waals surface area contributed by atoms with Crippen molar-refractivity contribution in [1.29, 1.82) is 0 Å². The Labute approximate surface area is 57.2 Å². The molecule has 55 valence electrons. The van der Waals surface area contributed by atoms with Crippen LogP contribution in [-0.2, 0) is 9.47 Å².